The van der Waals surface area contributed by atoms with Gasteiger partial charge in [0.2, 0.25) is 0 Å². The van der Waals surface area contributed by atoms with E-state index in [0.29, 0.717) is 0 Å². The Bertz CT molecular complexity index is 928. The van der Waals surface area contributed by atoms with Crippen LogP contribution in [-0.4, -0.2) is 20.3 Å². The Kier molecular flexibility index (Phi) is 3.21. The highest BCUT2D eigenvalue weighted by Gasteiger charge is 2.16. The number of H-pyrrole nitrogens is 1. The van der Waals surface area contributed by atoms with E-state index < -0.39 is 0 Å². The highest BCUT2D eigenvalue weighted by atomic mass is 32.1. The number of nitrogens with zero attached hydrogens (tertiary/aromatic N) is 2. The van der Waals surface area contributed by atoms with Crippen LogP contribution in [0.1, 0.15) is 5.56 Å². The van der Waals surface area contributed by atoms with Gasteiger partial charge in [0.25, 0.3) is 0 Å². The van der Waals surface area contributed by atoms with Crippen molar-refractivity contribution < 1.29 is 5.11 Å². The summed E-state index contributed by atoms with van der Waals surface area (Å²) in [5, 5.41) is 22.2. The van der Waals surface area contributed by atoms with Gasteiger partial charge in [0.15, 0.2) is 5.65 Å². The number of aromatic nitrogens is 3. The second-order valence-corrected chi connectivity index (χ2v) is 5.76. The van der Waals surface area contributed by atoms with Gasteiger partial charge < -0.3 is 5.11 Å². The first kappa shape index (κ1) is 13.2. The molecular weight excluding hydrogens is 294 g/mol. The number of benzene rings is 1. The zero-order valence-electron chi connectivity index (χ0n) is 11.7. The molecule has 5 heteroatoms. The molecular formula is C17H13N3OS. The van der Waals surface area contributed by atoms with Crippen LogP contribution in [0.4, 0.5) is 0 Å². The molecule has 0 saturated carbocycles. The van der Waals surface area contributed by atoms with Crippen LogP contribution in [0.15, 0.2) is 53.4 Å². The van der Waals surface area contributed by atoms with Gasteiger partial charge in [-0.3, -0.25) is 5.10 Å². The lowest BCUT2D eigenvalue weighted by atomic mass is 9.96. The van der Waals surface area contributed by atoms with Crippen molar-refractivity contribution in [2.45, 2.75) is 6.61 Å². The minimum absolute atomic E-state index is 0.00558. The fourth-order valence-corrected chi connectivity index (χ4v) is 3.35. The fourth-order valence-electron chi connectivity index (χ4n) is 2.70. The molecule has 4 rings (SSSR count). The molecule has 3 aromatic heterocycles. The molecule has 0 aliphatic rings. The van der Waals surface area contributed by atoms with Crippen molar-refractivity contribution in [2.75, 3.05) is 0 Å². The second kappa shape index (κ2) is 5.36. The van der Waals surface area contributed by atoms with Crippen LogP contribution in [0.3, 0.4) is 0 Å². The molecule has 0 amide bonds. The fraction of sp³-hybridized carbons (Fsp3) is 0.0588. The summed E-state index contributed by atoms with van der Waals surface area (Å²) < 4.78 is 0. The third kappa shape index (κ3) is 2.03. The van der Waals surface area contributed by atoms with Crippen LogP contribution < -0.4 is 0 Å². The Balaban J connectivity index is 2.04. The van der Waals surface area contributed by atoms with E-state index in [9.17, 15) is 5.11 Å². The molecule has 3 heterocycles. The summed E-state index contributed by atoms with van der Waals surface area (Å²) in [4.78, 5) is 4.38. The Labute approximate surface area is 131 Å². The summed E-state index contributed by atoms with van der Waals surface area (Å²) in [5.41, 5.74) is 5.66. The van der Waals surface area contributed by atoms with Gasteiger partial charge in [0.1, 0.15) is 5.69 Å². The zero-order valence-corrected chi connectivity index (χ0v) is 12.5. The average Bonchev–Trinajstić information content (AvgIpc) is 3.23. The number of pyridine rings is 1. The SMILES string of the molecule is OCc1ccccc1-c1ccnc2[nH]nc(-c3ccsc3)c12. The lowest BCUT2D eigenvalue weighted by molar-refractivity contribution is 0.282. The van der Waals surface area contributed by atoms with Crippen molar-refractivity contribution in [3.63, 3.8) is 0 Å². The van der Waals surface area contributed by atoms with E-state index >= 15 is 0 Å². The van der Waals surface area contributed by atoms with Gasteiger partial charge in [-0.05, 0) is 34.2 Å². The van der Waals surface area contributed by atoms with Gasteiger partial charge in [-0.1, -0.05) is 24.3 Å². The first-order chi connectivity index (χ1) is 10.9. The topological polar surface area (TPSA) is 61.8 Å². The van der Waals surface area contributed by atoms with Crippen molar-refractivity contribution in [1.29, 1.82) is 0 Å². The molecule has 0 spiro atoms. The normalized spacial score (nSPS) is 11.1. The van der Waals surface area contributed by atoms with Crippen molar-refractivity contribution in [3.05, 3.63) is 58.9 Å². The molecule has 0 unspecified atom stereocenters. The van der Waals surface area contributed by atoms with Crippen LogP contribution in [0.25, 0.3) is 33.4 Å². The monoisotopic (exact) mass is 307 g/mol. The second-order valence-electron chi connectivity index (χ2n) is 4.98. The number of aliphatic hydroxyl groups is 1. The number of hydrogen-bond acceptors (Lipinski definition) is 4. The summed E-state index contributed by atoms with van der Waals surface area (Å²) in [6.07, 6.45) is 1.77. The van der Waals surface area contributed by atoms with Crippen molar-refractivity contribution in [2.24, 2.45) is 0 Å². The summed E-state index contributed by atoms with van der Waals surface area (Å²) in [7, 11) is 0. The largest absolute Gasteiger partial charge is 0.392 e. The number of hydrogen-bond donors (Lipinski definition) is 2. The number of rotatable bonds is 3. The third-order valence-corrected chi connectivity index (χ3v) is 4.42. The van der Waals surface area contributed by atoms with E-state index in [1.807, 2.05) is 35.7 Å². The van der Waals surface area contributed by atoms with E-state index in [1.54, 1.807) is 17.5 Å². The summed E-state index contributed by atoms with van der Waals surface area (Å²) in [6, 6.07) is 11.9. The van der Waals surface area contributed by atoms with Gasteiger partial charge in [0, 0.05) is 17.1 Å². The standard InChI is InChI=1S/C17H13N3OS/c21-9-11-3-1-2-4-13(11)14-5-7-18-17-15(14)16(19-20-17)12-6-8-22-10-12/h1-8,10,21H,9H2,(H,18,19,20). The summed E-state index contributed by atoms with van der Waals surface area (Å²) in [6.45, 7) is 0.00558. The van der Waals surface area contributed by atoms with Crippen LogP contribution >= 0.6 is 11.3 Å². The van der Waals surface area contributed by atoms with Crippen LogP contribution in [0, 0.1) is 0 Å². The third-order valence-electron chi connectivity index (χ3n) is 3.73. The van der Waals surface area contributed by atoms with Gasteiger partial charge in [-0.25, -0.2) is 4.98 Å². The summed E-state index contributed by atoms with van der Waals surface area (Å²) >= 11 is 1.64. The van der Waals surface area contributed by atoms with Crippen LogP contribution in [0.5, 0.6) is 0 Å². The molecule has 4 aromatic rings. The van der Waals surface area contributed by atoms with E-state index in [2.05, 4.69) is 26.6 Å². The first-order valence-corrected chi connectivity index (χ1v) is 7.87. The van der Waals surface area contributed by atoms with Gasteiger partial charge in [0.05, 0.1) is 12.0 Å². The average molecular weight is 307 g/mol. The number of thiophene rings is 1. The molecule has 0 saturated heterocycles. The van der Waals surface area contributed by atoms with Gasteiger partial charge in [-0.2, -0.15) is 16.4 Å². The number of aliphatic hydroxyl groups excluding tert-OH is 1. The Morgan fingerprint density at radius 2 is 2.00 bits per heavy atom. The number of aromatic amines is 1. The highest BCUT2D eigenvalue weighted by molar-refractivity contribution is 7.08. The lowest BCUT2D eigenvalue weighted by Gasteiger charge is -2.09. The quantitative estimate of drug-likeness (QED) is 0.604. The van der Waals surface area contributed by atoms with Crippen molar-refractivity contribution >= 4 is 22.4 Å². The van der Waals surface area contributed by atoms with Crippen LogP contribution in [-0.2, 0) is 6.61 Å². The van der Waals surface area contributed by atoms with Gasteiger partial charge >= 0.3 is 0 Å². The predicted molar refractivity (Wildman–Crippen MR) is 88.6 cm³/mol. The molecule has 1 aromatic carbocycles. The van der Waals surface area contributed by atoms with Crippen molar-refractivity contribution in [1.82, 2.24) is 15.2 Å². The molecule has 22 heavy (non-hydrogen) atoms. The molecule has 0 aliphatic carbocycles. The molecule has 2 N–H and O–H groups in total. The lowest BCUT2D eigenvalue weighted by Crippen LogP contribution is -1.90. The Morgan fingerprint density at radius 3 is 2.82 bits per heavy atom. The molecule has 4 nitrogen and oxygen atoms in total. The Hall–Kier alpha value is -2.50. The predicted octanol–water partition coefficient (Wildman–Crippen LogP) is 3.85. The van der Waals surface area contributed by atoms with Crippen LogP contribution in [0.2, 0.25) is 0 Å². The summed E-state index contributed by atoms with van der Waals surface area (Å²) in [5.74, 6) is 0. The maximum absolute atomic E-state index is 9.62. The maximum atomic E-state index is 9.62. The van der Waals surface area contributed by atoms with Crippen molar-refractivity contribution in [3.8, 4) is 22.4 Å². The smallest absolute Gasteiger partial charge is 0.156 e. The number of nitrogens with one attached hydrogen (secondary N) is 1. The zero-order chi connectivity index (χ0) is 14.9. The Morgan fingerprint density at radius 1 is 1.09 bits per heavy atom. The molecule has 0 bridgehead atoms. The minimum Gasteiger partial charge on any atom is -0.392 e. The van der Waals surface area contributed by atoms with E-state index in [4.69, 9.17) is 0 Å². The maximum Gasteiger partial charge on any atom is 0.156 e. The highest BCUT2D eigenvalue weighted by Crippen LogP contribution is 2.36. The minimum atomic E-state index is 0.00558. The molecule has 108 valence electrons. The number of fused-ring (bicyclic) bond motifs is 1. The van der Waals surface area contributed by atoms with E-state index in [0.717, 1.165) is 39.0 Å². The molecule has 0 atom stereocenters. The van der Waals surface area contributed by atoms with Gasteiger partial charge in [-0.15, -0.1) is 0 Å². The van der Waals surface area contributed by atoms with E-state index in [1.165, 1.54) is 0 Å². The first-order valence-electron chi connectivity index (χ1n) is 6.93. The molecule has 0 aliphatic heterocycles. The molecule has 0 radical (unpaired) electrons. The molecule has 0 fully saturated rings. The van der Waals surface area contributed by atoms with E-state index in [-0.39, 0.29) is 6.61 Å².